The molecule has 2 unspecified atom stereocenters. The highest BCUT2D eigenvalue weighted by atomic mass is 32.2. The van der Waals surface area contributed by atoms with E-state index in [2.05, 4.69) is 27.0 Å². The number of unbranched alkanes of at least 4 members (excludes halogenated alkanes) is 1. The zero-order chi connectivity index (χ0) is 28.2. The van der Waals surface area contributed by atoms with Gasteiger partial charge in [0.2, 0.25) is 17.7 Å². The van der Waals surface area contributed by atoms with Crippen molar-refractivity contribution in [2.45, 2.75) is 68.0 Å². The molecule has 1 N–H and O–H groups in total. The number of carbonyl (C=O) groups excluding carboxylic acids is 3. The Kier molecular flexibility index (Phi) is 9.27. The summed E-state index contributed by atoms with van der Waals surface area (Å²) in [7, 11) is 0. The normalized spacial score (nSPS) is 28.8. The molecular formula is C31H43N3O4S. The zero-order valence-electron chi connectivity index (χ0n) is 23.4. The predicted molar refractivity (Wildman–Crippen MR) is 156 cm³/mol. The molecule has 1 aromatic carbocycles. The van der Waals surface area contributed by atoms with Gasteiger partial charge in [-0.25, -0.2) is 0 Å². The predicted octanol–water partition coefficient (Wildman–Crippen LogP) is 3.88. The number of hydrogen-bond donors (Lipinski definition) is 1. The molecule has 5 atom stereocenters. The molecule has 3 saturated heterocycles. The van der Waals surface area contributed by atoms with E-state index in [4.69, 9.17) is 0 Å². The molecule has 2 bridgehead atoms. The highest BCUT2D eigenvalue weighted by Gasteiger charge is 2.77. The summed E-state index contributed by atoms with van der Waals surface area (Å²) in [5.41, 5.74) is 1.02. The van der Waals surface area contributed by atoms with Crippen molar-refractivity contribution in [3.8, 4) is 0 Å². The van der Waals surface area contributed by atoms with Crippen molar-refractivity contribution in [2.24, 2.45) is 11.8 Å². The minimum atomic E-state index is -0.656. The van der Waals surface area contributed by atoms with Crippen LogP contribution in [0.4, 0.5) is 0 Å². The average molecular weight is 554 g/mol. The Hall–Kier alpha value is -2.58. The maximum absolute atomic E-state index is 14.3. The van der Waals surface area contributed by atoms with E-state index in [0.717, 1.165) is 31.2 Å². The van der Waals surface area contributed by atoms with E-state index in [1.54, 1.807) is 33.7 Å². The molecule has 8 heteroatoms. The van der Waals surface area contributed by atoms with Crippen LogP contribution in [0.25, 0.3) is 0 Å². The second-order valence-electron chi connectivity index (χ2n) is 11.3. The summed E-state index contributed by atoms with van der Waals surface area (Å²) in [4.78, 5) is 48.1. The number of aliphatic hydroxyl groups excluding tert-OH is 1. The number of benzene rings is 1. The lowest BCUT2D eigenvalue weighted by molar-refractivity contribution is -0.146. The van der Waals surface area contributed by atoms with Crippen LogP contribution in [0.2, 0.25) is 0 Å². The lowest BCUT2D eigenvalue weighted by atomic mass is 9.66. The Morgan fingerprint density at radius 3 is 2.44 bits per heavy atom. The van der Waals surface area contributed by atoms with Gasteiger partial charge in [-0.2, -0.15) is 0 Å². The van der Waals surface area contributed by atoms with Gasteiger partial charge < -0.3 is 19.8 Å². The Morgan fingerprint density at radius 2 is 1.79 bits per heavy atom. The van der Waals surface area contributed by atoms with Gasteiger partial charge in [-0.15, -0.1) is 24.9 Å². The fourth-order valence-corrected chi connectivity index (χ4v) is 9.26. The van der Waals surface area contributed by atoms with E-state index in [1.807, 2.05) is 35.2 Å². The molecule has 0 radical (unpaired) electrons. The molecule has 39 heavy (non-hydrogen) atoms. The molecule has 7 nitrogen and oxygen atoms in total. The van der Waals surface area contributed by atoms with Crippen molar-refractivity contribution < 1.29 is 19.5 Å². The molecule has 3 aliphatic rings. The van der Waals surface area contributed by atoms with Gasteiger partial charge >= 0.3 is 0 Å². The van der Waals surface area contributed by atoms with E-state index >= 15 is 0 Å². The summed E-state index contributed by atoms with van der Waals surface area (Å²) >= 11 is 1.70. The topological polar surface area (TPSA) is 81.2 Å². The van der Waals surface area contributed by atoms with Gasteiger partial charge in [-0.05, 0) is 38.2 Å². The van der Waals surface area contributed by atoms with Crippen LogP contribution in [0.5, 0.6) is 0 Å². The van der Waals surface area contributed by atoms with Gasteiger partial charge in [-0.3, -0.25) is 14.4 Å². The lowest BCUT2D eigenvalue weighted by Gasteiger charge is -2.38. The number of amides is 3. The van der Waals surface area contributed by atoms with Crippen LogP contribution in [-0.4, -0.2) is 85.8 Å². The third kappa shape index (κ3) is 5.30. The van der Waals surface area contributed by atoms with Crippen molar-refractivity contribution in [1.82, 2.24) is 14.7 Å². The first-order valence-electron chi connectivity index (χ1n) is 14.2. The summed E-state index contributed by atoms with van der Waals surface area (Å²) in [6.07, 6.45) is 7.19. The first-order chi connectivity index (χ1) is 18.8. The summed E-state index contributed by atoms with van der Waals surface area (Å²) < 4.78 is -1.08. The number of hydrogen-bond acceptors (Lipinski definition) is 5. The van der Waals surface area contributed by atoms with Crippen molar-refractivity contribution >= 4 is 29.5 Å². The number of aliphatic hydroxyl groups is 1. The minimum absolute atomic E-state index is 0.0437. The monoisotopic (exact) mass is 553 g/mol. The maximum atomic E-state index is 14.3. The van der Waals surface area contributed by atoms with E-state index in [1.165, 1.54) is 0 Å². The molecule has 3 fully saturated rings. The number of fused-ring (bicyclic) bond motifs is 1. The molecule has 4 rings (SSSR count). The van der Waals surface area contributed by atoms with Crippen LogP contribution in [0.15, 0.2) is 55.6 Å². The van der Waals surface area contributed by atoms with Crippen LogP contribution >= 0.6 is 11.8 Å². The first-order valence-corrected chi connectivity index (χ1v) is 15.0. The number of carbonyl (C=O) groups is 3. The Balaban J connectivity index is 1.72. The highest BCUT2D eigenvalue weighted by molar-refractivity contribution is 8.02. The van der Waals surface area contributed by atoms with Gasteiger partial charge in [0.1, 0.15) is 6.04 Å². The van der Waals surface area contributed by atoms with Crippen molar-refractivity contribution in [1.29, 1.82) is 0 Å². The molecule has 212 valence electrons. The summed E-state index contributed by atoms with van der Waals surface area (Å²) in [6, 6.07) is 9.21. The molecule has 0 aliphatic carbocycles. The number of thioether (sulfide) groups is 1. The van der Waals surface area contributed by atoms with E-state index < -0.39 is 27.4 Å². The van der Waals surface area contributed by atoms with Gasteiger partial charge in [0.25, 0.3) is 0 Å². The second-order valence-corrected chi connectivity index (χ2v) is 13.2. The van der Waals surface area contributed by atoms with Crippen LogP contribution in [-0.2, 0) is 20.9 Å². The first kappa shape index (κ1) is 29.4. The van der Waals surface area contributed by atoms with Gasteiger partial charge in [0.15, 0.2) is 0 Å². The number of nitrogens with zero attached hydrogens (tertiary/aromatic N) is 3. The Bertz CT molecular complexity index is 1080. The third-order valence-corrected chi connectivity index (χ3v) is 10.6. The SMILES string of the molecule is C=CCN(CCCC)C(=O)C1N(CCCO)C(=O)[C@@H]2[C@@H](C(=O)N(CC=C)Cc3ccccc3)[C@@]3(C)CCC12S3. The molecule has 0 aromatic heterocycles. The average Bonchev–Trinajstić information content (AvgIpc) is 3.50. The van der Waals surface area contributed by atoms with E-state index in [9.17, 15) is 19.5 Å². The van der Waals surface area contributed by atoms with Crippen LogP contribution in [0, 0.1) is 11.8 Å². The van der Waals surface area contributed by atoms with Crippen LogP contribution in [0.1, 0.15) is 51.5 Å². The van der Waals surface area contributed by atoms with Gasteiger partial charge in [0.05, 0.1) is 16.6 Å². The van der Waals surface area contributed by atoms with Gasteiger partial charge in [-0.1, -0.05) is 55.8 Å². The second kappa shape index (κ2) is 12.3. The quantitative estimate of drug-likeness (QED) is 0.354. The number of likely N-dealkylation sites (tertiary alicyclic amines) is 1. The largest absolute Gasteiger partial charge is 0.396 e. The molecule has 3 amide bonds. The molecule has 1 aromatic rings. The summed E-state index contributed by atoms with van der Waals surface area (Å²) in [6.45, 7) is 14.0. The highest BCUT2D eigenvalue weighted by Crippen LogP contribution is 2.71. The fourth-order valence-electron chi connectivity index (χ4n) is 6.92. The molecular weight excluding hydrogens is 510 g/mol. The minimum Gasteiger partial charge on any atom is -0.396 e. The standard InChI is InChI=1S/C31H43N3O4S/c1-5-8-19-32(17-6-2)29(38)26-31-16-15-30(4,39-31)24(25(31)28(37)34(26)20-12-21-35)27(36)33(18-7-3)22-23-13-10-9-11-14-23/h6-7,9-11,13-14,24-26,35H,2-3,5,8,12,15-22H2,1,4H3/t24-,25-,26?,30+,31?/m0/s1. The molecule has 3 heterocycles. The van der Waals surface area contributed by atoms with Crippen molar-refractivity contribution in [3.63, 3.8) is 0 Å². The number of rotatable bonds is 14. The maximum Gasteiger partial charge on any atom is 0.247 e. The Morgan fingerprint density at radius 1 is 1.10 bits per heavy atom. The zero-order valence-corrected chi connectivity index (χ0v) is 24.2. The lowest BCUT2D eigenvalue weighted by Crippen LogP contribution is -2.55. The molecule has 3 aliphatic heterocycles. The van der Waals surface area contributed by atoms with E-state index in [0.29, 0.717) is 39.1 Å². The Labute approximate surface area is 237 Å². The fraction of sp³-hybridized carbons (Fsp3) is 0.581. The van der Waals surface area contributed by atoms with Gasteiger partial charge in [0, 0.05) is 44.1 Å². The smallest absolute Gasteiger partial charge is 0.247 e. The third-order valence-electron chi connectivity index (χ3n) is 8.65. The summed E-state index contributed by atoms with van der Waals surface area (Å²) in [5, 5.41) is 9.61. The molecule has 1 spiro atoms. The summed E-state index contributed by atoms with van der Waals surface area (Å²) in [5.74, 6) is -1.32. The van der Waals surface area contributed by atoms with Crippen molar-refractivity contribution in [3.05, 3.63) is 61.2 Å². The van der Waals surface area contributed by atoms with Crippen LogP contribution in [0.3, 0.4) is 0 Å². The van der Waals surface area contributed by atoms with Crippen LogP contribution < -0.4 is 0 Å². The molecule has 0 saturated carbocycles. The van der Waals surface area contributed by atoms with E-state index in [-0.39, 0.29) is 24.3 Å². The van der Waals surface area contributed by atoms with Crippen molar-refractivity contribution in [2.75, 3.05) is 32.8 Å².